The number of hydrogen-bond acceptors (Lipinski definition) is 1. The molecule has 0 aromatic rings. The molecule has 0 saturated heterocycles. The van der Waals surface area contributed by atoms with E-state index < -0.39 is 0 Å². The maximum atomic E-state index is 9.81. The van der Waals surface area contributed by atoms with E-state index in [0.29, 0.717) is 11.5 Å². The topological polar surface area (TPSA) is 17.1 Å². The molecule has 0 fully saturated rings. The Bertz CT molecular complexity index is 86.1. The van der Waals surface area contributed by atoms with Gasteiger partial charge in [-0.25, -0.2) is 0 Å². The zero-order chi connectivity index (χ0) is 5.70. The molecule has 0 rings (SSSR count). The fourth-order valence-electron chi connectivity index (χ4n) is 0.177. The van der Waals surface area contributed by atoms with Crippen molar-refractivity contribution >= 4 is 17.9 Å². The van der Waals surface area contributed by atoms with Gasteiger partial charge in [0.05, 0.1) is 5.88 Å². The van der Waals surface area contributed by atoms with E-state index in [4.69, 9.17) is 11.6 Å². The molecule has 0 radical (unpaired) electrons. The molecular formula is C5H7ClO. The first-order valence-corrected chi connectivity index (χ1v) is 2.55. The van der Waals surface area contributed by atoms with Gasteiger partial charge in [0.15, 0.2) is 0 Å². The minimum atomic E-state index is 0.319. The van der Waals surface area contributed by atoms with Crippen LogP contribution < -0.4 is 0 Å². The molecule has 0 heterocycles. The SMILES string of the molecule is C/C=C(/C=O)CCl. The standard InChI is InChI=1S/C5H7ClO/c1-2-5(3-6)4-7/h2,4H,3H2,1H3/b5-2+. The van der Waals surface area contributed by atoms with E-state index in [0.717, 1.165) is 6.29 Å². The van der Waals surface area contributed by atoms with Gasteiger partial charge in [-0.15, -0.1) is 11.6 Å². The fourth-order valence-corrected chi connectivity index (χ4v) is 0.394. The van der Waals surface area contributed by atoms with Crippen LogP contribution in [0.2, 0.25) is 0 Å². The van der Waals surface area contributed by atoms with Gasteiger partial charge in [-0.05, 0) is 6.92 Å². The summed E-state index contributed by atoms with van der Waals surface area (Å²) in [5.41, 5.74) is 0.640. The number of halogens is 1. The fraction of sp³-hybridized carbons (Fsp3) is 0.400. The number of alkyl halides is 1. The molecule has 0 aliphatic carbocycles. The third-order valence-electron chi connectivity index (χ3n) is 0.676. The molecule has 0 aromatic heterocycles. The predicted octanol–water partition coefficient (Wildman–Crippen LogP) is 1.37. The second-order valence-electron chi connectivity index (χ2n) is 1.12. The molecule has 0 aliphatic rings. The Morgan fingerprint density at radius 2 is 2.43 bits per heavy atom. The summed E-state index contributed by atoms with van der Waals surface area (Å²) in [7, 11) is 0. The molecule has 0 aromatic carbocycles. The minimum absolute atomic E-state index is 0.319. The van der Waals surface area contributed by atoms with Gasteiger partial charge in [0, 0.05) is 5.57 Å². The van der Waals surface area contributed by atoms with Crippen LogP contribution in [-0.4, -0.2) is 12.2 Å². The summed E-state index contributed by atoms with van der Waals surface area (Å²) < 4.78 is 0. The Hall–Kier alpha value is -0.300. The number of carbonyl (C=O) groups is 1. The lowest BCUT2D eigenvalue weighted by atomic mass is 10.3. The molecule has 0 unspecified atom stereocenters. The zero-order valence-electron chi connectivity index (χ0n) is 4.15. The second kappa shape index (κ2) is 3.88. The first-order chi connectivity index (χ1) is 3.35. The van der Waals surface area contributed by atoms with E-state index in [1.54, 1.807) is 13.0 Å². The van der Waals surface area contributed by atoms with Crippen molar-refractivity contribution < 1.29 is 4.79 Å². The summed E-state index contributed by atoms with van der Waals surface area (Å²) >= 11 is 5.27. The Balaban J connectivity index is 3.60. The number of allylic oxidation sites excluding steroid dienone is 2. The Morgan fingerprint density at radius 1 is 1.86 bits per heavy atom. The summed E-state index contributed by atoms with van der Waals surface area (Å²) in [6.45, 7) is 1.78. The van der Waals surface area contributed by atoms with Crippen molar-refractivity contribution in [2.24, 2.45) is 0 Å². The molecule has 0 saturated carbocycles. The van der Waals surface area contributed by atoms with Gasteiger partial charge in [-0.2, -0.15) is 0 Å². The molecule has 0 amide bonds. The van der Waals surface area contributed by atoms with Crippen LogP contribution in [0.3, 0.4) is 0 Å². The van der Waals surface area contributed by atoms with Crippen molar-refractivity contribution in [3.63, 3.8) is 0 Å². The number of hydrogen-bond donors (Lipinski definition) is 0. The Morgan fingerprint density at radius 3 is 2.43 bits per heavy atom. The maximum absolute atomic E-state index is 9.81. The van der Waals surface area contributed by atoms with Gasteiger partial charge in [0.25, 0.3) is 0 Å². The molecule has 0 bridgehead atoms. The molecule has 1 nitrogen and oxygen atoms in total. The van der Waals surface area contributed by atoms with Crippen LogP contribution in [0.25, 0.3) is 0 Å². The third kappa shape index (κ3) is 2.40. The normalized spacial score (nSPS) is 11.4. The lowest BCUT2D eigenvalue weighted by Gasteiger charge is -1.82. The summed E-state index contributed by atoms with van der Waals surface area (Å²) in [6, 6.07) is 0. The maximum Gasteiger partial charge on any atom is 0.146 e. The molecule has 7 heavy (non-hydrogen) atoms. The summed E-state index contributed by atoms with van der Waals surface area (Å²) in [6.07, 6.45) is 2.45. The predicted molar refractivity (Wildman–Crippen MR) is 30.5 cm³/mol. The van der Waals surface area contributed by atoms with Gasteiger partial charge >= 0.3 is 0 Å². The molecule has 40 valence electrons. The quantitative estimate of drug-likeness (QED) is 0.304. The van der Waals surface area contributed by atoms with Crippen molar-refractivity contribution in [1.82, 2.24) is 0 Å². The van der Waals surface area contributed by atoms with E-state index in [1.807, 2.05) is 0 Å². The van der Waals surface area contributed by atoms with E-state index in [-0.39, 0.29) is 0 Å². The van der Waals surface area contributed by atoms with E-state index in [9.17, 15) is 4.79 Å². The zero-order valence-corrected chi connectivity index (χ0v) is 4.90. The van der Waals surface area contributed by atoms with Crippen LogP contribution in [0.4, 0.5) is 0 Å². The summed E-state index contributed by atoms with van der Waals surface area (Å²) in [5, 5.41) is 0. The molecule has 0 spiro atoms. The smallest absolute Gasteiger partial charge is 0.146 e. The van der Waals surface area contributed by atoms with Gasteiger partial charge in [0.1, 0.15) is 6.29 Å². The lowest BCUT2D eigenvalue weighted by Crippen LogP contribution is -1.82. The van der Waals surface area contributed by atoms with Crippen LogP contribution in [0.5, 0.6) is 0 Å². The van der Waals surface area contributed by atoms with Gasteiger partial charge < -0.3 is 0 Å². The number of aldehydes is 1. The van der Waals surface area contributed by atoms with Crippen molar-refractivity contribution in [1.29, 1.82) is 0 Å². The average molecular weight is 119 g/mol. The molecular weight excluding hydrogens is 112 g/mol. The minimum Gasteiger partial charge on any atom is -0.298 e. The Labute approximate surface area is 48.0 Å². The second-order valence-corrected chi connectivity index (χ2v) is 1.38. The van der Waals surface area contributed by atoms with Crippen LogP contribution >= 0.6 is 11.6 Å². The van der Waals surface area contributed by atoms with Crippen LogP contribution in [0.15, 0.2) is 11.6 Å². The molecule has 0 atom stereocenters. The number of rotatable bonds is 2. The van der Waals surface area contributed by atoms with E-state index in [2.05, 4.69) is 0 Å². The first-order valence-electron chi connectivity index (χ1n) is 2.01. The van der Waals surface area contributed by atoms with Crippen molar-refractivity contribution in [3.05, 3.63) is 11.6 Å². The summed E-state index contributed by atoms with van der Waals surface area (Å²) in [5.74, 6) is 0.319. The Kier molecular flexibility index (Phi) is 3.71. The van der Waals surface area contributed by atoms with Crippen molar-refractivity contribution in [3.8, 4) is 0 Å². The monoisotopic (exact) mass is 118 g/mol. The largest absolute Gasteiger partial charge is 0.298 e. The number of carbonyl (C=O) groups excluding carboxylic acids is 1. The van der Waals surface area contributed by atoms with E-state index in [1.165, 1.54) is 0 Å². The van der Waals surface area contributed by atoms with Crippen molar-refractivity contribution in [2.75, 3.05) is 5.88 Å². The lowest BCUT2D eigenvalue weighted by molar-refractivity contribution is -0.104. The van der Waals surface area contributed by atoms with E-state index >= 15 is 0 Å². The highest BCUT2D eigenvalue weighted by atomic mass is 35.5. The van der Waals surface area contributed by atoms with Crippen LogP contribution in [0, 0.1) is 0 Å². The van der Waals surface area contributed by atoms with Gasteiger partial charge in [-0.3, -0.25) is 4.79 Å². The van der Waals surface area contributed by atoms with Crippen LogP contribution in [0.1, 0.15) is 6.92 Å². The highest BCUT2D eigenvalue weighted by molar-refractivity contribution is 6.21. The van der Waals surface area contributed by atoms with Gasteiger partial charge in [0.2, 0.25) is 0 Å². The highest BCUT2D eigenvalue weighted by Crippen LogP contribution is 1.90. The highest BCUT2D eigenvalue weighted by Gasteiger charge is 1.84. The summed E-state index contributed by atoms with van der Waals surface area (Å²) in [4.78, 5) is 9.81. The van der Waals surface area contributed by atoms with Crippen molar-refractivity contribution in [2.45, 2.75) is 6.92 Å². The average Bonchev–Trinajstić information content (AvgIpc) is 1.72. The van der Waals surface area contributed by atoms with Crippen LogP contribution in [-0.2, 0) is 4.79 Å². The molecule has 0 aliphatic heterocycles. The third-order valence-corrected chi connectivity index (χ3v) is 0.985. The molecule has 2 heteroatoms. The molecule has 0 N–H and O–H groups in total. The first kappa shape index (κ1) is 6.70. The van der Waals surface area contributed by atoms with Gasteiger partial charge in [-0.1, -0.05) is 6.08 Å².